The van der Waals surface area contributed by atoms with Gasteiger partial charge in [-0.3, -0.25) is 4.79 Å². The predicted octanol–water partition coefficient (Wildman–Crippen LogP) is 1.41. The number of hydrogen-bond donors (Lipinski definition) is 2. The molecule has 1 rings (SSSR count). The molecule has 0 heterocycles. The first-order valence-corrected chi connectivity index (χ1v) is 5.02. The van der Waals surface area contributed by atoms with E-state index in [2.05, 4.69) is 17.2 Å². The number of carbonyl (C=O) groups is 1. The molecule has 4 heteroatoms. The molecule has 0 spiro atoms. The monoisotopic (exact) mass is 220 g/mol. The average Bonchev–Trinajstić information content (AvgIpc) is 2.34. The third-order valence-electron chi connectivity index (χ3n) is 1.99. The lowest BCUT2D eigenvalue weighted by molar-refractivity contribution is -0.119. The zero-order chi connectivity index (χ0) is 11.8. The molecular weight excluding hydrogens is 204 g/mol. The van der Waals surface area contributed by atoms with Gasteiger partial charge in [0.05, 0.1) is 19.3 Å². The van der Waals surface area contributed by atoms with Crippen molar-refractivity contribution in [2.75, 3.05) is 25.5 Å². The fourth-order valence-corrected chi connectivity index (χ4v) is 1.21. The van der Waals surface area contributed by atoms with E-state index in [1.165, 1.54) is 0 Å². The van der Waals surface area contributed by atoms with Gasteiger partial charge in [-0.25, -0.2) is 0 Å². The van der Waals surface area contributed by atoms with Crippen LogP contribution in [0.5, 0.6) is 5.75 Å². The molecule has 0 bridgehead atoms. The van der Waals surface area contributed by atoms with Crippen molar-refractivity contribution in [1.82, 2.24) is 5.32 Å². The summed E-state index contributed by atoms with van der Waals surface area (Å²) in [5.74, 6) is 0.643. The Morgan fingerprint density at radius 3 is 2.94 bits per heavy atom. The Hall–Kier alpha value is -1.97. The summed E-state index contributed by atoms with van der Waals surface area (Å²) in [5.41, 5.74) is 0.804. The maximum absolute atomic E-state index is 11.3. The van der Waals surface area contributed by atoms with Gasteiger partial charge in [-0.2, -0.15) is 0 Å². The Labute approximate surface area is 95.3 Å². The molecule has 0 unspecified atom stereocenters. The highest BCUT2D eigenvalue weighted by molar-refractivity contribution is 5.81. The maximum atomic E-state index is 11.3. The second kappa shape index (κ2) is 6.50. The van der Waals surface area contributed by atoms with E-state index in [1.807, 2.05) is 24.3 Å². The van der Waals surface area contributed by atoms with Crippen LogP contribution in [0, 0.1) is 0 Å². The Morgan fingerprint density at radius 1 is 1.50 bits per heavy atom. The number of anilines is 1. The molecule has 4 nitrogen and oxygen atoms in total. The van der Waals surface area contributed by atoms with Gasteiger partial charge < -0.3 is 15.4 Å². The highest BCUT2D eigenvalue weighted by Gasteiger charge is 2.03. The second-order valence-electron chi connectivity index (χ2n) is 3.15. The summed E-state index contributed by atoms with van der Waals surface area (Å²) in [5, 5.41) is 5.68. The molecule has 86 valence electrons. The lowest BCUT2D eigenvalue weighted by Crippen LogP contribution is -2.29. The standard InChI is InChI=1S/C12H16N2O2/c1-3-8-13-12(15)9-14-10-6-4-5-7-11(10)16-2/h3-7,14H,1,8-9H2,2H3,(H,13,15). The lowest BCUT2D eigenvalue weighted by atomic mass is 10.3. The molecule has 0 atom stereocenters. The number of amides is 1. The number of methoxy groups -OCH3 is 1. The van der Waals surface area contributed by atoms with E-state index in [0.29, 0.717) is 6.54 Å². The fourth-order valence-electron chi connectivity index (χ4n) is 1.21. The minimum absolute atomic E-state index is 0.0780. The summed E-state index contributed by atoms with van der Waals surface area (Å²) in [6, 6.07) is 7.46. The van der Waals surface area contributed by atoms with Gasteiger partial charge in [-0.05, 0) is 12.1 Å². The summed E-state index contributed by atoms with van der Waals surface area (Å²) in [6.07, 6.45) is 1.64. The normalized spacial score (nSPS) is 9.31. The largest absolute Gasteiger partial charge is 0.495 e. The van der Waals surface area contributed by atoms with Crippen LogP contribution in [0.4, 0.5) is 5.69 Å². The summed E-state index contributed by atoms with van der Waals surface area (Å²) in [7, 11) is 1.60. The van der Waals surface area contributed by atoms with Gasteiger partial charge >= 0.3 is 0 Å². The SMILES string of the molecule is C=CCNC(=O)CNc1ccccc1OC. The summed E-state index contributed by atoms with van der Waals surface area (Å²) in [4.78, 5) is 11.3. The third kappa shape index (κ3) is 3.65. The van der Waals surface area contributed by atoms with E-state index in [9.17, 15) is 4.79 Å². The van der Waals surface area contributed by atoms with E-state index >= 15 is 0 Å². The van der Waals surface area contributed by atoms with Gasteiger partial charge in [0.25, 0.3) is 0 Å². The van der Waals surface area contributed by atoms with Crippen LogP contribution in [0.1, 0.15) is 0 Å². The van der Waals surface area contributed by atoms with Crippen molar-refractivity contribution in [3.8, 4) is 5.75 Å². The molecule has 0 aromatic heterocycles. The van der Waals surface area contributed by atoms with Crippen molar-refractivity contribution < 1.29 is 9.53 Å². The van der Waals surface area contributed by atoms with Crippen LogP contribution < -0.4 is 15.4 Å². The summed E-state index contributed by atoms with van der Waals surface area (Å²) in [6.45, 7) is 4.22. The average molecular weight is 220 g/mol. The highest BCUT2D eigenvalue weighted by atomic mass is 16.5. The minimum atomic E-state index is -0.0780. The van der Waals surface area contributed by atoms with Gasteiger partial charge in [0, 0.05) is 6.54 Å². The molecule has 0 saturated heterocycles. The summed E-state index contributed by atoms with van der Waals surface area (Å²) >= 11 is 0. The van der Waals surface area contributed by atoms with Crippen LogP contribution in [-0.4, -0.2) is 26.1 Å². The van der Waals surface area contributed by atoms with Crippen LogP contribution in [0.3, 0.4) is 0 Å². The fraction of sp³-hybridized carbons (Fsp3) is 0.250. The van der Waals surface area contributed by atoms with Crippen molar-refractivity contribution in [3.05, 3.63) is 36.9 Å². The molecular formula is C12H16N2O2. The van der Waals surface area contributed by atoms with Crippen molar-refractivity contribution in [3.63, 3.8) is 0 Å². The number of carbonyl (C=O) groups excluding carboxylic acids is 1. The van der Waals surface area contributed by atoms with Crippen LogP contribution in [0.15, 0.2) is 36.9 Å². The van der Waals surface area contributed by atoms with Crippen LogP contribution in [-0.2, 0) is 4.79 Å². The quantitative estimate of drug-likeness (QED) is 0.713. The van der Waals surface area contributed by atoms with E-state index in [0.717, 1.165) is 11.4 Å². The van der Waals surface area contributed by atoms with Crippen molar-refractivity contribution >= 4 is 11.6 Å². The molecule has 1 aromatic rings. The predicted molar refractivity (Wildman–Crippen MR) is 64.7 cm³/mol. The zero-order valence-corrected chi connectivity index (χ0v) is 9.32. The number of para-hydroxylation sites is 2. The zero-order valence-electron chi connectivity index (χ0n) is 9.32. The molecule has 0 aliphatic rings. The number of hydrogen-bond acceptors (Lipinski definition) is 3. The molecule has 16 heavy (non-hydrogen) atoms. The Balaban J connectivity index is 2.47. The van der Waals surface area contributed by atoms with Crippen molar-refractivity contribution in [1.29, 1.82) is 0 Å². The lowest BCUT2D eigenvalue weighted by Gasteiger charge is -2.10. The second-order valence-corrected chi connectivity index (χ2v) is 3.15. The molecule has 2 N–H and O–H groups in total. The van der Waals surface area contributed by atoms with Crippen LogP contribution >= 0.6 is 0 Å². The van der Waals surface area contributed by atoms with Gasteiger partial charge in [-0.1, -0.05) is 18.2 Å². The molecule has 0 aliphatic heterocycles. The van der Waals surface area contributed by atoms with Crippen LogP contribution in [0.2, 0.25) is 0 Å². The molecule has 1 aromatic carbocycles. The Kier molecular flexibility index (Phi) is 4.92. The van der Waals surface area contributed by atoms with Gasteiger partial charge in [-0.15, -0.1) is 6.58 Å². The van der Waals surface area contributed by atoms with E-state index in [4.69, 9.17) is 4.74 Å². The maximum Gasteiger partial charge on any atom is 0.239 e. The van der Waals surface area contributed by atoms with Gasteiger partial charge in [0.15, 0.2) is 0 Å². The molecule has 0 saturated carbocycles. The minimum Gasteiger partial charge on any atom is -0.495 e. The number of benzene rings is 1. The molecule has 0 aliphatic carbocycles. The molecule has 0 radical (unpaired) electrons. The molecule has 1 amide bonds. The van der Waals surface area contributed by atoms with Crippen LogP contribution in [0.25, 0.3) is 0 Å². The van der Waals surface area contributed by atoms with E-state index < -0.39 is 0 Å². The first kappa shape index (κ1) is 12.1. The first-order chi connectivity index (χ1) is 7.77. The van der Waals surface area contributed by atoms with E-state index in [-0.39, 0.29) is 12.5 Å². The number of rotatable bonds is 6. The van der Waals surface area contributed by atoms with Crippen molar-refractivity contribution in [2.24, 2.45) is 0 Å². The third-order valence-corrected chi connectivity index (χ3v) is 1.99. The number of ether oxygens (including phenoxy) is 1. The van der Waals surface area contributed by atoms with Crippen molar-refractivity contribution in [2.45, 2.75) is 0 Å². The van der Waals surface area contributed by atoms with E-state index in [1.54, 1.807) is 13.2 Å². The number of nitrogens with one attached hydrogen (secondary N) is 2. The highest BCUT2D eigenvalue weighted by Crippen LogP contribution is 2.22. The van der Waals surface area contributed by atoms with Gasteiger partial charge in [0.2, 0.25) is 5.91 Å². The Bertz CT molecular complexity index is 364. The summed E-state index contributed by atoms with van der Waals surface area (Å²) < 4.78 is 5.15. The first-order valence-electron chi connectivity index (χ1n) is 5.02. The topological polar surface area (TPSA) is 50.4 Å². The smallest absolute Gasteiger partial charge is 0.239 e. The Morgan fingerprint density at radius 2 is 2.25 bits per heavy atom. The van der Waals surface area contributed by atoms with Gasteiger partial charge in [0.1, 0.15) is 5.75 Å². The molecule has 0 fully saturated rings.